The topological polar surface area (TPSA) is 80.9 Å². The average molecular weight is 564 g/mol. The van der Waals surface area contributed by atoms with E-state index in [4.69, 9.17) is 28.9 Å². The van der Waals surface area contributed by atoms with E-state index < -0.39 is 8.38 Å². The second kappa shape index (κ2) is 35.3. The summed E-state index contributed by atoms with van der Waals surface area (Å²) >= 11 is 0. The maximum absolute atomic E-state index is 8.54. The third-order valence-corrected chi connectivity index (χ3v) is 9.93. The van der Waals surface area contributed by atoms with Gasteiger partial charge < -0.3 is 23.6 Å². The van der Waals surface area contributed by atoms with Crippen molar-refractivity contribution in [3.8, 4) is 6.07 Å². The predicted octanol–water partition coefficient (Wildman–Crippen LogP) is 7.03. The summed E-state index contributed by atoms with van der Waals surface area (Å²) in [6.07, 6.45) is 9.92. The largest absolute Gasteiger partial charge is 0.396 e. The van der Waals surface area contributed by atoms with E-state index in [-0.39, 0.29) is 0 Å². The Hall–Kier alpha value is 1.12. The zero-order valence-electron chi connectivity index (χ0n) is 20.8. The van der Waals surface area contributed by atoms with Crippen LogP contribution in [0.25, 0.3) is 0 Å². The molecule has 0 spiro atoms. The Labute approximate surface area is 220 Å². The Morgan fingerprint density at radius 3 is 1.67 bits per heavy atom. The van der Waals surface area contributed by atoms with Gasteiger partial charge in [-0.15, -0.1) is 0 Å². The number of nitrogens with zero attached hydrogens (tertiary/aromatic N) is 1. The SMILES string of the molecule is COCCSSCCCCCCO.COCCSSCCCCCCOP(C)OCCC#N. The Balaban J connectivity index is 0. The monoisotopic (exact) mass is 563 g/mol. The van der Waals surface area contributed by atoms with Crippen molar-refractivity contribution in [2.45, 2.75) is 57.8 Å². The van der Waals surface area contributed by atoms with Gasteiger partial charge in [-0.05, 0) is 25.7 Å². The number of hydrogen-bond donors (Lipinski definition) is 1. The maximum Gasteiger partial charge on any atom is 0.167 e. The molecule has 0 saturated carbocycles. The number of ether oxygens (including phenoxy) is 2. The lowest BCUT2D eigenvalue weighted by atomic mass is 10.2. The maximum atomic E-state index is 8.54. The Bertz CT molecular complexity index is 388. The standard InChI is InChI=1S/C13H26NO3PS2.C9H20O2S2/c1-15-11-13-20-19-12-6-4-3-5-9-16-18(2)17-10-7-8-14;1-11-7-9-13-12-8-5-3-2-4-6-10/h3-7,9-13H2,1-2H3;10H,2-9H2,1H3. The third-order valence-electron chi connectivity index (χ3n) is 3.93. The van der Waals surface area contributed by atoms with E-state index in [0.717, 1.165) is 44.2 Å². The summed E-state index contributed by atoms with van der Waals surface area (Å²) in [6, 6.07) is 2.05. The van der Waals surface area contributed by atoms with Crippen LogP contribution in [0.15, 0.2) is 0 Å². The summed E-state index contributed by atoms with van der Waals surface area (Å²) in [6.45, 7) is 5.23. The highest BCUT2D eigenvalue weighted by Gasteiger charge is 2.02. The van der Waals surface area contributed by atoms with Crippen molar-refractivity contribution in [1.29, 1.82) is 5.26 Å². The first-order chi connectivity index (χ1) is 16.2. The van der Waals surface area contributed by atoms with Crippen LogP contribution in [0.5, 0.6) is 0 Å². The van der Waals surface area contributed by atoms with Crippen LogP contribution in [0, 0.1) is 11.3 Å². The summed E-state index contributed by atoms with van der Waals surface area (Å²) in [7, 11) is 10.3. The van der Waals surface area contributed by atoms with Crippen molar-refractivity contribution in [1.82, 2.24) is 0 Å². The molecular formula is C22H46NO5PS4. The van der Waals surface area contributed by atoms with Crippen LogP contribution in [0.4, 0.5) is 0 Å². The molecule has 0 aliphatic rings. The fourth-order valence-electron chi connectivity index (χ4n) is 2.16. The highest BCUT2D eigenvalue weighted by molar-refractivity contribution is 8.77. The number of aliphatic hydroxyl groups excluding tert-OH is 1. The molecule has 0 rings (SSSR count). The molecule has 1 atom stereocenters. The number of methoxy groups -OCH3 is 2. The molecule has 0 aromatic heterocycles. The molecule has 1 N–H and O–H groups in total. The van der Waals surface area contributed by atoms with E-state index in [1.54, 1.807) is 14.2 Å². The van der Waals surface area contributed by atoms with Crippen molar-refractivity contribution >= 4 is 51.6 Å². The highest BCUT2D eigenvalue weighted by Crippen LogP contribution is 2.33. The van der Waals surface area contributed by atoms with Crippen LogP contribution >= 0.6 is 51.6 Å². The lowest BCUT2D eigenvalue weighted by Gasteiger charge is -2.11. The Morgan fingerprint density at radius 2 is 1.15 bits per heavy atom. The normalized spacial score (nSPS) is 11.6. The quantitative estimate of drug-likeness (QED) is 0.0710. The minimum absolute atomic E-state index is 0.343. The molecule has 0 bridgehead atoms. The Morgan fingerprint density at radius 1 is 0.667 bits per heavy atom. The van der Waals surface area contributed by atoms with Gasteiger partial charge in [-0.2, -0.15) is 5.26 Å². The van der Waals surface area contributed by atoms with Crippen molar-refractivity contribution in [3.63, 3.8) is 0 Å². The van der Waals surface area contributed by atoms with E-state index in [1.165, 1.54) is 50.0 Å². The van der Waals surface area contributed by atoms with Crippen LogP contribution in [0.3, 0.4) is 0 Å². The van der Waals surface area contributed by atoms with Gasteiger partial charge in [0.2, 0.25) is 0 Å². The van der Waals surface area contributed by atoms with Gasteiger partial charge in [-0.1, -0.05) is 68.9 Å². The van der Waals surface area contributed by atoms with Gasteiger partial charge in [0.15, 0.2) is 8.38 Å². The summed E-state index contributed by atoms with van der Waals surface area (Å²) in [4.78, 5) is 0. The number of rotatable bonds is 25. The highest BCUT2D eigenvalue weighted by atomic mass is 33.1. The molecule has 0 aliphatic heterocycles. The van der Waals surface area contributed by atoms with Gasteiger partial charge in [0, 0.05) is 50.5 Å². The second-order valence-electron chi connectivity index (χ2n) is 6.84. The number of nitriles is 1. The van der Waals surface area contributed by atoms with Crippen LogP contribution in [-0.2, 0) is 18.5 Å². The molecule has 0 aliphatic carbocycles. The fourth-order valence-corrected chi connectivity index (χ4v) is 7.09. The molecule has 198 valence electrons. The third kappa shape index (κ3) is 37.8. The number of hydrogen-bond acceptors (Lipinski definition) is 10. The van der Waals surface area contributed by atoms with Crippen LogP contribution < -0.4 is 0 Å². The zero-order valence-corrected chi connectivity index (χ0v) is 25.0. The van der Waals surface area contributed by atoms with E-state index in [1.807, 2.05) is 49.8 Å². The van der Waals surface area contributed by atoms with Crippen LogP contribution in [0.1, 0.15) is 57.8 Å². The van der Waals surface area contributed by atoms with Crippen molar-refractivity contribution in [3.05, 3.63) is 0 Å². The number of unbranched alkanes of at least 4 members (excludes halogenated alkanes) is 6. The molecule has 11 heteroatoms. The Kier molecular flexibility index (Phi) is 38.8. The molecule has 6 nitrogen and oxygen atoms in total. The van der Waals surface area contributed by atoms with E-state index in [0.29, 0.717) is 19.6 Å². The average Bonchev–Trinajstić information content (AvgIpc) is 2.82. The summed E-state index contributed by atoms with van der Waals surface area (Å²) in [5, 5.41) is 16.9. The van der Waals surface area contributed by atoms with Crippen molar-refractivity contribution in [2.75, 3.05) is 76.9 Å². The first-order valence-corrected chi connectivity index (χ1v) is 18.3. The summed E-state index contributed by atoms with van der Waals surface area (Å²) in [5.41, 5.74) is 0. The molecule has 1 unspecified atom stereocenters. The van der Waals surface area contributed by atoms with Gasteiger partial charge in [-0.25, -0.2) is 0 Å². The van der Waals surface area contributed by atoms with Gasteiger partial charge in [0.1, 0.15) is 0 Å². The molecule has 0 fully saturated rings. The molecule has 0 aromatic rings. The van der Waals surface area contributed by atoms with Crippen molar-refractivity contribution in [2.24, 2.45) is 0 Å². The zero-order chi connectivity index (χ0) is 24.7. The van der Waals surface area contributed by atoms with Crippen molar-refractivity contribution < 1.29 is 23.6 Å². The van der Waals surface area contributed by atoms with Gasteiger partial charge in [0.25, 0.3) is 0 Å². The van der Waals surface area contributed by atoms with Crippen LogP contribution in [-0.4, -0.2) is 82.0 Å². The summed E-state index contributed by atoms with van der Waals surface area (Å²) < 4.78 is 20.9. The molecular weight excluding hydrogens is 517 g/mol. The molecule has 0 saturated heterocycles. The molecule has 0 heterocycles. The minimum Gasteiger partial charge on any atom is -0.396 e. The summed E-state index contributed by atoms with van der Waals surface area (Å²) in [5.74, 6) is 4.59. The van der Waals surface area contributed by atoms with Gasteiger partial charge in [0.05, 0.1) is 38.9 Å². The van der Waals surface area contributed by atoms with Gasteiger partial charge in [-0.3, -0.25) is 0 Å². The smallest absolute Gasteiger partial charge is 0.167 e. The lowest BCUT2D eigenvalue weighted by Crippen LogP contribution is -1.94. The van der Waals surface area contributed by atoms with Gasteiger partial charge >= 0.3 is 0 Å². The molecule has 0 radical (unpaired) electrons. The molecule has 33 heavy (non-hydrogen) atoms. The first kappa shape index (κ1) is 36.3. The van der Waals surface area contributed by atoms with Crippen LogP contribution in [0.2, 0.25) is 0 Å². The van der Waals surface area contributed by atoms with E-state index in [9.17, 15) is 0 Å². The lowest BCUT2D eigenvalue weighted by molar-refractivity contribution is 0.219. The first-order valence-electron chi connectivity index (χ1n) is 11.7. The molecule has 0 aromatic carbocycles. The fraction of sp³-hybridized carbons (Fsp3) is 0.955. The molecule has 0 amide bonds. The van der Waals surface area contributed by atoms with E-state index >= 15 is 0 Å². The second-order valence-corrected chi connectivity index (χ2v) is 13.6. The minimum atomic E-state index is -0.799. The van der Waals surface area contributed by atoms with E-state index in [2.05, 4.69) is 6.07 Å². The predicted molar refractivity (Wildman–Crippen MR) is 153 cm³/mol. The number of aliphatic hydroxyl groups is 1.